The molecule has 2 aromatic rings. The lowest BCUT2D eigenvalue weighted by Crippen LogP contribution is -2.47. The Bertz CT molecular complexity index is 690. The summed E-state index contributed by atoms with van der Waals surface area (Å²) < 4.78 is 15.1. The number of rotatable bonds is 4. The van der Waals surface area contributed by atoms with E-state index in [1.165, 1.54) is 23.9 Å². The van der Waals surface area contributed by atoms with Gasteiger partial charge in [-0.1, -0.05) is 0 Å². The molecule has 6 heteroatoms. The number of aromatic nitrogens is 2. The maximum Gasteiger partial charge on any atom is 0.233 e. The molecule has 2 unspecified atom stereocenters. The van der Waals surface area contributed by atoms with Crippen LogP contribution < -0.4 is 0 Å². The summed E-state index contributed by atoms with van der Waals surface area (Å²) in [6, 6.07) is 7.48. The van der Waals surface area contributed by atoms with E-state index in [9.17, 15) is 9.18 Å². The Balaban J connectivity index is 1.38. The lowest BCUT2D eigenvalue weighted by Gasteiger charge is -2.39. The first-order chi connectivity index (χ1) is 11.7. The summed E-state index contributed by atoms with van der Waals surface area (Å²) in [5, 5.41) is 0. The van der Waals surface area contributed by atoms with Gasteiger partial charge in [0.15, 0.2) is 0 Å². The van der Waals surface area contributed by atoms with Gasteiger partial charge in [-0.2, -0.15) is 0 Å². The Labute approximate surface area is 145 Å². The zero-order valence-electron chi connectivity index (χ0n) is 13.3. The Kier molecular flexibility index (Phi) is 4.31. The van der Waals surface area contributed by atoms with Gasteiger partial charge in [0.05, 0.1) is 12.1 Å². The Morgan fingerprint density at radius 3 is 2.50 bits per heavy atom. The number of halogens is 1. The first-order valence-electron chi connectivity index (χ1n) is 8.37. The average molecular weight is 345 g/mol. The lowest BCUT2D eigenvalue weighted by atomic mass is 9.97. The second-order valence-corrected chi connectivity index (χ2v) is 7.61. The minimum atomic E-state index is -0.245. The van der Waals surface area contributed by atoms with E-state index < -0.39 is 0 Å². The Hall–Kier alpha value is -1.82. The van der Waals surface area contributed by atoms with Crippen molar-refractivity contribution in [1.82, 2.24) is 14.5 Å². The third-order valence-electron chi connectivity index (χ3n) is 5.12. The van der Waals surface area contributed by atoms with E-state index in [4.69, 9.17) is 0 Å². The van der Waals surface area contributed by atoms with Gasteiger partial charge in [-0.15, -0.1) is 11.8 Å². The third-order valence-corrected chi connectivity index (χ3v) is 6.12. The van der Waals surface area contributed by atoms with Gasteiger partial charge in [-0.25, -0.2) is 9.37 Å². The van der Waals surface area contributed by atoms with E-state index in [-0.39, 0.29) is 11.7 Å². The van der Waals surface area contributed by atoms with E-state index >= 15 is 0 Å². The minimum Gasteiger partial charge on any atom is -0.336 e. The largest absolute Gasteiger partial charge is 0.336 e. The Morgan fingerprint density at radius 2 is 1.88 bits per heavy atom. The summed E-state index contributed by atoms with van der Waals surface area (Å²) in [6.45, 7) is 0. The van der Waals surface area contributed by atoms with Crippen LogP contribution >= 0.6 is 11.8 Å². The average Bonchev–Trinajstić information content (AvgIpc) is 3.21. The van der Waals surface area contributed by atoms with Crippen molar-refractivity contribution in [3.63, 3.8) is 0 Å². The summed E-state index contributed by atoms with van der Waals surface area (Å²) >= 11 is 1.49. The highest BCUT2D eigenvalue weighted by Gasteiger charge is 2.43. The molecule has 2 saturated heterocycles. The third kappa shape index (κ3) is 3.07. The number of hydrogen-bond acceptors (Lipinski definition) is 3. The van der Waals surface area contributed by atoms with Gasteiger partial charge < -0.3 is 9.47 Å². The van der Waals surface area contributed by atoms with Crippen molar-refractivity contribution in [2.45, 2.75) is 48.7 Å². The van der Waals surface area contributed by atoms with E-state index in [1.807, 2.05) is 18.7 Å². The van der Waals surface area contributed by atoms with Gasteiger partial charge in [0.25, 0.3) is 0 Å². The van der Waals surface area contributed by atoms with Crippen LogP contribution in [-0.4, -0.2) is 38.2 Å². The minimum absolute atomic E-state index is 0.209. The highest BCUT2D eigenvalue weighted by Crippen LogP contribution is 2.41. The zero-order valence-corrected chi connectivity index (χ0v) is 14.2. The predicted octanol–water partition coefficient (Wildman–Crippen LogP) is 3.51. The highest BCUT2D eigenvalue weighted by atomic mass is 32.2. The quantitative estimate of drug-likeness (QED) is 0.796. The second kappa shape index (κ2) is 6.59. The number of imidazole rings is 1. The molecule has 24 heavy (non-hydrogen) atoms. The van der Waals surface area contributed by atoms with Crippen molar-refractivity contribution < 1.29 is 9.18 Å². The molecule has 2 aliphatic heterocycles. The van der Waals surface area contributed by atoms with Crippen LogP contribution in [0.3, 0.4) is 0 Å². The van der Waals surface area contributed by atoms with Crippen molar-refractivity contribution in [3.8, 4) is 0 Å². The summed E-state index contributed by atoms with van der Waals surface area (Å²) in [7, 11) is 0. The fraction of sp³-hybridized carbons (Fsp3) is 0.444. The Morgan fingerprint density at radius 1 is 1.17 bits per heavy atom. The molecular weight excluding hydrogens is 325 g/mol. The van der Waals surface area contributed by atoms with Crippen molar-refractivity contribution in [1.29, 1.82) is 0 Å². The van der Waals surface area contributed by atoms with Gasteiger partial charge in [-0.3, -0.25) is 4.79 Å². The number of amides is 1. The molecule has 3 heterocycles. The normalized spacial score (nSPS) is 25.9. The molecule has 2 atom stereocenters. The van der Waals surface area contributed by atoms with Crippen LogP contribution in [0.25, 0.3) is 0 Å². The molecule has 2 fully saturated rings. The van der Waals surface area contributed by atoms with E-state index in [0.29, 0.717) is 23.9 Å². The summed E-state index contributed by atoms with van der Waals surface area (Å²) in [5.41, 5.74) is 0. The number of fused-ring (bicyclic) bond motifs is 2. The molecule has 1 aromatic heterocycles. The van der Waals surface area contributed by atoms with Crippen LogP contribution in [0.1, 0.15) is 31.7 Å². The molecule has 4 nitrogen and oxygen atoms in total. The number of carbonyl (C=O) groups is 1. The molecule has 0 aliphatic carbocycles. The monoisotopic (exact) mass is 345 g/mol. The standard InChI is InChI=1S/C18H20FN3OS/c19-13-1-5-17(6-2-13)24-11-18(23)22-14-3-4-15(22)10-16(9-14)21-8-7-20-12-21/h1-2,5-8,12,14-16H,3-4,9-11H2. The van der Waals surface area contributed by atoms with Crippen molar-refractivity contribution >= 4 is 17.7 Å². The van der Waals surface area contributed by atoms with Crippen LogP contribution in [0.15, 0.2) is 47.9 Å². The number of thioether (sulfide) groups is 1. The van der Waals surface area contributed by atoms with Crippen molar-refractivity contribution in [2.24, 2.45) is 0 Å². The van der Waals surface area contributed by atoms with Gasteiger partial charge in [-0.05, 0) is 49.9 Å². The molecule has 0 radical (unpaired) electrons. The summed E-state index contributed by atoms with van der Waals surface area (Å²) in [4.78, 5) is 19.9. The highest BCUT2D eigenvalue weighted by molar-refractivity contribution is 8.00. The lowest BCUT2D eigenvalue weighted by molar-refractivity contribution is -0.133. The molecular formula is C18H20FN3OS. The number of piperidine rings is 1. The van der Waals surface area contributed by atoms with Gasteiger partial charge in [0.1, 0.15) is 5.82 Å². The molecule has 0 N–H and O–H groups in total. The molecule has 1 aromatic carbocycles. The fourth-order valence-corrected chi connectivity index (χ4v) is 4.80. The maximum absolute atomic E-state index is 12.9. The maximum atomic E-state index is 12.9. The molecule has 0 spiro atoms. The first-order valence-corrected chi connectivity index (χ1v) is 9.36. The number of carbonyl (C=O) groups excluding carboxylic acids is 1. The second-order valence-electron chi connectivity index (χ2n) is 6.56. The first kappa shape index (κ1) is 15.7. The van der Waals surface area contributed by atoms with Crippen LogP contribution in [0, 0.1) is 5.82 Å². The number of hydrogen-bond donors (Lipinski definition) is 0. The van der Waals surface area contributed by atoms with Crippen LogP contribution in [-0.2, 0) is 4.79 Å². The zero-order chi connectivity index (χ0) is 16.5. The molecule has 1 amide bonds. The molecule has 0 saturated carbocycles. The van der Waals surface area contributed by atoms with E-state index in [1.54, 1.807) is 12.1 Å². The van der Waals surface area contributed by atoms with Crippen molar-refractivity contribution in [3.05, 3.63) is 48.8 Å². The topological polar surface area (TPSA) is 38.1 Å². The molecule has 126 valence electrons. The molecule has 4 rings (SSSR count). The van der Waals surface area contributed by atoms with Gasteiger partial charge in [0, 0.05) is 35.4 Å². The predicted molar refractivity (Wildman–Crippen MR) is 91.3 cm³/mol. The fourth-order valence-electron chi connectivity index (χ4n) is 4.03. The summed E-state index contributed by atoms with van der Waals surface area (Å²) in [6.07, 6.45) is 9.95. The molecule has 2 aliphatic rings. The smallest absolute Gasteiger partial charge is 0.233 e. The summed E-state index contributed by atoms with van der Waals surface area (Å²) in [5.74, 6) is 0.389. The van der Waals surface area contributed by atoms with Crippen molar-refractivity contribution in [2.75, 3.05) is 5.75 Å². The van der Waals surface area contributed by atoms with Gasteiger partial charge >= 0.3 is 0 Å². The van der Waals surface area contributed by atoms with E-state index in [0.717, 1.165) is 30.6 Å². The number of benzene rings is 1. The van der Waals surface area contributed by atoms with Gasteiger partial charge in [0.2, 0.25) is 5.91 Å². The van der Waals surface area contributed by atoms with Crippen LogP contribution in [0.5, 0.6) is 0 Å². The molecule has 2 bridgehead atoms. The van der Waals surface area contributed by atoms with Crippen LogP contribution in [0.4, 0.5) is 4.39 Å². The number of nitrogens with zero attached hydrogens (tertiary/aromatic N) is 3. The van der Waals surface area contributed by atoms with Crippen LogP contribution in [0.2, 0.25) is 0 Å². The van der Waals surface area contributed by atoms with E-state index in [2.05, 4.69) is 14.5 Å². The SMILES string of the molecule is O=C(CSc1ccc(F)cc1)N1C2CCC1CC(n1ccnc1)C2.